The Morgan fingerprint density at radius 1 is 1.14 bits per heavy atom. The molecule has 0 fully saturated rings. The van der Waals surface area contributed by atoms with Gasteiger partial charge in [0.15, 0.2) is 0 Å². The summed E-state index contributed by atoms with van der Waals surface area (Å²) in [4.78, 5) is 12.8. The Hall–Kier alpha value is -2.07. The van der Waals surface area contributed by atoms with Crippen LogP contribution in [0.3, 0.4) is 0 Å². The average Bonchev–Trinajstić information content (AvgIpc) is 2.50. The summed E-state index contributed by atoms with van der Waals surface area (Å²) in [5, 5.41) is 3.94. The zero-order valence-corrected chi connectivity index (χ0v) is 12.8. The summed E-state index contributed by atoms with van der Waals surface area (Å²) in [5.74, 6) is 0.678. The molecule has 2 rings (SSSR count). The summed E-state index contributed by atoms with van der Waals surface area (Å²) in [6.45, 7) is 2.06. The molecule has 0 heterocycles. The zero-order chi connectivity index (χ0) is 14.9. The Morgan fingerprint density at radius 3 is 2.57 bits per heavy atom. The van der Waals surface area contributed by atoms with Crippen LogP contribution in [0.15, 0.2) is 64.6 Å². The second-order valence-corrected chi connectivity index (χ2v) is 5.78. The molecule has 0 bridgehead atoms. The molecule has 0 aliphatic carbocycles. The van der Waals surface area contributed by atoms with Gasteiger partial charge in [0.2, 0.25) is 5.91 Å². The van der Waals surface area contributed by atoms with Crippen molar-refractivity contribution in [1.29, 1.82) is 0 Å². The Labute approximate surface area is 129 Å². The summed E-state index contributed by atoms with van der Waals surface area (Å²) < 4.78 is 0. The third kappa shape index (κ3) is 5.83. The molecule has 0 spiro atoms. The van der Waals surface area contributed by atoms with Crippen LogP contribution in [0.4, 0.5) is 0 Å². The Morgan fingerprint density at radius 2 is 1.86 bits per heavy atom. The lowest BCUT2D eigenvalue weighted by Crippen LogP contribution is -2.17. The predicted molar refractivity (Wildman–Crippen MR) is 88.7 cm³/mol. The van der Waals surface area contributed by atoms with E-state index in [9.17, 15) is 4.79 Å². The van der Waals surface area contributed by atoms with Gasteiger partial charge in [-0.05, 0) is 24.6 Å². The molecule has 0 atom stereocenters. The van der Waals surface area contributed by atoms with Crippen LogP contribution >= 0.6 is 11.8 Å². The molecule has 1 amide bonds. The zero-order valence-electron chi connectivity index (χ0n) is 12.0. The van der Waals surface area contributed by atoms with Gasteiger partial charge in [-0.25, -0.2) is 5.43 Å². The number of rotatable bonds is 6. The van der Waals surface area contributed by atoms with Crippen LogP contribution in [0.2, 0.25) is 0 Å². The molecular formula is C17H18N2OS. The summed E-state index contributed by atoms with van der Waals surface area (Å²) in [7, 11) is 0. The molecule has 2 aromatic rings. The maximum absolute atomic E-state index is 11.6. The summed E-state index contributed by atoms with van der Waals surface area (Å²) in [6.07, 6.45) is 2.09. The molecule has 0 aliphatic rings. The number of carbonyl (C=O) groups is 1. The third-order valence-electron chi connectivity index (χ3n) is 2.82. The van der Waals surface area contributed by atoms with Crippen molar-refractivity contribution in [3.8, 4) is 0 Å². The first-order valence-electron chi connectivity index (χ1n) is 6.80. The van der Waals surface area contributed by atoms with E-state index >= 15 is 0 Å². The molecule has 108 valence electrons. The molecule has 0 aromatic heterocycles. The van der Waals surface area contributed by atoms with Gasteiger partial charge in [-0.2, -0.15) is 5.10 Å². The SMILES string of the molecule is Cc1ccc(SCCC(=O)N/N=C\c2ccccc2)cc1. The molecular weight excluding hydrogens is 280 g/mol. The first-order valence-corrected chi connectivity index (χ1v) is 7.79. The molecule has 0 saturated carbocycles. The van der Waals surface area contributed by atoms with E-state index < -0.39 is 0 Å². The predicted octanol–water partition coefficient (Wildman–Crippen LogP) is 3.63. The van der Waals surface area contributed by atoms with Crippen LogP contribution in [0.25, 0.3) is 0 Å². The lowest BCUT2D eigenvalue weighted by atomic mass is 10.2. The normalized spacial score (nSPS) is 10.7. The monoisotopic (exact) mass is 298 g/mol. The minimum absolute atomic E-state index is 0.0678. The van der Waals surface area contributed by atoms with E-state index in [4.69, 9.17) is 0 Å². The molecule has 0 saturated heterocycles. The molecule has 3 nitrogen and oxygen atoms in total. The number of benzene rings is 2. The fraction of sp³-hybridized carbons (Fsp3) is 0.176. The van der Waals surface area contributed by atoms with Gasteiger partial charge in [0.05, 0.1) is 6.21 Å². The minimum Gasteiger partial charge on any atom is -0.273 e. The van der Waals surface area contributed by atoms with Gasteiger partial charge in [-0.3, -0.25) is 4.79 Å². The first kappa shape index (κ1) is 15.3. The standard InChI is InChI=1S/C17H18N2OS/c1-14-7-9-16(10-8-14)21-12-11-17(20)19-18-13-15-5-3-2-4-6-15/h2-10,13H,11-12H2,1H3,(H,19,20)/b18-13-. The maximum Gasteiger partial charge on any atom is 0.240 e. The number of amides is 1. The van der Waals surface area contributed by atoms with E-state index in [1.54, 1.807) is 18.0 Å². The molecule has 1 N–H and O–H groups in total. The van der Waals surface area contributed by atoms with Crippen molar-refractivity contribution in [2.24, 2.45) is 5.10 Å². The van der Waals surface area contributed by atoms with Crippen molar-refractivity contribution in [2.75, 3.05) is 5.75 Å². The number of aryl methyl sites for hydroxylation is 1. The fourth-order valence-corrected chi connectivity index (χ4v) is 2.52. The van der Waals surface area contributed by atoms with E-state index in [1.165, 1.54) is 10.5 Å². The van der Waals surface area contributed by atoms with E-state index in [0.29, 0.717) is 6.42 Å². The lowest BCUT2D eigenvalue weighted by Gasteiger charge is -2.02. The third-order valence-corrected chi connectivity index (χ3v) is 3.84. The van der Waals surface area contributed by atoms with Crippen molar-refractivity contribution in [2.45, 2.75) is 18.2 Å². The number of carbonyl (C=O) groups excluding carboxylic acids is 1. The number of hydrogen-bond acceptors (Lipinski definition) is 3. The van der Waals surface area contributed by atoms with Gasteiger partial charge in [0.25, 0.3) is 0 Å². The van der Waals surface area contributed by atoms with Gasteiger partial charge in [0, 0.05) is 17.1 Å². The van der Waals surface area contributed by atoms with E-state index in [-0.39, 0.29) is 5.91 Å². The van der Waals surface area contributed by atoms with Crippen molar-refractivity contribution in [3.05, 3.63) is 65.7 Å². The van der Waals surface area contributed by atoms with E-state index in [2.05, 4.69) is 41.7 Å². The van der Waals surface area contributed by atoms with Crippen molar-refractivity contribution >= 4 is 23.9 Å². The molecule has 0 aliphatic heterocycles. The second kappa shape index (κ2) is 8.27. The van der Waals surface area contributed by atoms with Crippen molar-refractivity contribution in [3.63, 3.8) is 0 Å². The van der Waals surface area contributed by atoms with Crippen molar-refractivity contribution in [1.82, 2.24) is 5.43 Å². The Bertz CT molecular complexity index is 594. The number of thioether (sulfide) groups is 1. The molecule has 4 heteroatoms. The topological polar surface area (TPSA) is 41.5 Å². The molecule has 0 unspecified atom stereocenters. The number of nitrogens with one attached hydrogen (secondary N) is 1. The van der Waals surface area contributed by atoms with Gasteiger partial charge in [-0.1, -0.05) is 48.0 Å². The van der Waals surface area contributed by atoms with Crippen LogP contribution in [0.1, 0.15) is 17.5 Å². The highest BCUT2D eigenvalue weighted by Gasteiger charge is 2.00. The minimum atomic E-state index is -0.0678. The number of nitrogens with zero attached hydrogens (tertiary/aromatic N) is 1. The Balaban J connectivity index is 1.68. The van der Waals surface area contributed by atoms with Crippen LogP contribution < -0.4 is 5.43 Å². The molecule has 21 heavy (non-hydrogen) atoms. The highest BCUT2D eigenvalue weighted by molar-refractivity contribution is 7.99. The van der Waals surface area contributed by atoms with Gasteiger partial charge < -0.3 is 0 Å². The second-order valence-electron chi connectivity index (χ2n) is 4.62. The van der Waals surface area contributed by atoms with Crippen molar-refractivity contribution < 1.29 is 4.79 Å². The van der Waals surface area contributed by atoms with Crippen LogP contribution in [-0.2, 0) is 4.79 Å². The summed E-state index contributed by atoms with van der Waals surface area (Å²) in [5.41, 5.74) is 4.75. The summed E-state index contributed by atoms with van der Waals surface area (Å²) >= 11 is 1.67. The van der Waals surface area contributed by atoms with Crippen LogP contribution in [0, 0.1) is 6.92 Å². The Kier molecular flexibility index (Phi) is 6.03. The first-order chi connectivity index (χ1) is 10.2. The smallest absolute Gasteiger partial charge is 0.240 e. The largest absolute Gasteiger partial charge is 0.273 e. The van der Waals surface area contributed by atoms with Crippen LogP contribution in [-0.4, -0.2) is 17.9 Å². The maximum atomic E-state index is 11.6. The van der Waals surface area contributed by atoms with Gasteiger partial charge >= 0.3 is 0 Å². The fourth-order valence-electron chi connectivity index (χ4n) is 1.67. The highest BCUT2D eigenvalue weighted by Crippen LogP contribution is 2.18. The number of hydrogen-bond donors (Lipinski definition) is 1. The van der Waals surface area contributed by atoms with Crippen LogP contribution in [0.5, 0.6) is 0 Å². The number of hydrazone groups is 1. The summed E-state index contributed by atoms with van der Waals surface area (Å²) in [6, 6.07) is 18.0. The van der Waals surface area contributed by atoms with E-state index in [1.807, 2.05) is 30.3 Å². The van der Waals surface area contributed by atoms with Gasteiger partial charge in [0.1, 0.15) is 0 Å². The molecule has 2 aromatic carbocycles. The quantitative estimate of drug-likeness (QED) is 0.503. The van der Waals surface area contributed by atoms with Gasteiger partial charge in [-0.15, -0.1) is 11.8 Å². The molecule has 0 radical (unpaired) electrons. The average molecular weight is 298 g/mol. The van der Waals surface area contributed by atoms with E-state index in [0.717, 1.165) is 11.3 Å². The highest BCUT2D eigenvalue weighted by atomic mass is 32.2. The lowest BCUT2D eigenvalue weighted by molar-refractivity contribution is -0.120.